The van der Waals surface area contributed by atoms with Crippen LogP contribution in [0.1, 0.15) is 5.56 Å². The van der Waals surface area contributed by atoms with Crippen LogP contribution in [0.25, 0.3) is 21.7 Å². The zero-order valence-electron chi connectivity index (χ0n) is 10.1. The SMILES string of the molecule is Cc1cnc(-c2cccs2)c(-c2ccccc2)c1. The van der Waals surface area contributed by atoms with Gasteiger partial charge in [0.25, 0.3) is 0 Å². The van der Waals surface area contributed by atoms with Crippen molar-refractivity contribution in [2.75, 3.05) is 0 Å². The molecule has 0 radical (unpaired) electrons. The van der Waals surface area contributed by atoms with E-state index in [4.69, 9.17) is 0 Å². The van der Waals surface area contributed by atoms with Gasteiger partial charge >= 0.3 is 0 Å². The van der Waals surface area contributed by atoms with Gasteiger partial charge < -0.3 is 0 Å². The van der Waals surface area contributed by atoms with Gasteiger partial charge in [-0.05, 0) is 35.6 Å². The minimum absolute atomic E-state index is 1.07. The van der Waals surface area contributed by atoms with E-state index in [2.05, 4.69) is 59.8 Å². The van der Waals surface area contributed by atoms with Crippen molar-refractivity contribution in [3.8, 4) is 21.7 Å². The lowest BCUT2D eigenvalue weighted by atomic mass is 10.0. The summed E-state index contributed by atoms with van der Waals surface area (Å²) in [5, 5.41) is 2.09. The number of hydrogen-bond acceptors (Lipinski definition) is 2. The first-order chi connectivity index (χ1) is 8.84. The number of pyridine rings is 1. The van der Waals surface area contributed by atoms with Gasteiger partial charge in [-0.15, -0.1) is 11.3 Å². The predicted octanol–water partition coefficient (Wildman–Crippen LogP) is 4.79. The van der Waals surface area contributed by atoms with E-state index in [0.717, 1.165) is 5.69 Å². The van der Waals surface area contributed by atoms with Crippen molar-refractivity contribution in [2.45, 2.75) is 6.92 Å². The Bertz CT molecular complexity index is 642. The zero-order chi connectivity index (χ0) is 12.4. The highest BCUT2D eigenvalue weighted by Crippen LogP contribution is 2.33. The van der Waals surface area contributed by atoms with E-state index in [9.17, 15) is 0 Å². The summed E-state index contributed by atoms with van der Waals surface area (Å²) in [4.78, 5) is 5.82. The molecule has 0 aliphatic rings. The Balaban J connectivity index is 2.22. The average Bonchev–Trinajstić information content (AvgIpc) is 2.93. The molecule has 2 heterocycles. The minimum atomic E-state index is 1.07. The number of thiophene rings is 1. The second-order valence-corrected chi connectivity index (χ2v) is 5.20. The zero-order valence-corrected chi connectivity index (χ0v) is 10.9. The summed E-state index contributed by atoms with van der Waals surface area (Å²) in [6.45, 7) is 2.08. The molecule has 3 rings (SSSR count). The van der Waals surface area contributed by atoms with E-state index in [0.29, 0.717) is 0 Å². The molecule has 1 nitrogen and oxygen atoms in total. The third-order valence-corrected chi connectivity index (χ3v) is 3.74. The van der Waals surface area contributed by atoms with Crippen LogP contribution in [-0.2, 0) is 0 Å². The van der Waals surface area contributed by atoms with Crippen LogP contribution >= 0.6 is 11.3 Å². The molecule has 0 bridgehead atoms. The third-order valence-electron chi connectivity index (χ3n) is 2.86. The van der Waals surface area contributed by atoms with Gasteiger partial charge in [-0.3, -0.25) is 4.98 Å². The monoisotopic (exact) mass is 251 g/mol. The summed E-state index contributed by atoms with van der Waals surface area (Å²) in [5.74, 6) is 0. The summed E-state index contributed by atoms with van der Waals surface area (Å²) >= 11 is 1.73. The number of nitrogens with zero attached hydrogens (tertiary/aromatic N) is 1. The first-order valence-electron chi connectivity index (χ1n) is 5.90. The molecular formula is C16H13NS. The second-order valence-electron chi connectivity index (χ2n) is 4.25. The Morgan fingerprint density at radius 1 is 1.00 bits per heavy atom. The Morgan fingerprint density at radius 2 is 1.83 bits per heavy atom. The van der Waals surface area contributed by atoms with E-state index in [-0.39, 0.29) is 0 Å². The molecule has 0 amide bonds. The van der Waals surface area contributed by atoms with Crippen molar-refractivity contribution in [3.05, 3.63) is 65.7 Å². The van der Waals surface area contributed by atoms with Gasteiger partial charge in [0.1, 0.15) is 0 Å². The van der Waals surface area contributed by atoms with Crippen molar-refractivity contribution in [1.29, 1.82) is 0 Å². The van der Waals surface area contributed by atoms with E-state index >= 15 is 0 Å². The van der Waals surface area contributed by atoms with Crippen molar-refractivity contribution in [2.24, 2.45) is 0 Å². The van der Waals surface area contributed by atoms with Gasteiger partial charge in [-0.25, -0.2) is 0 Å². The Labute approximate surface area is 111 Å². The molecule has 0 saturated carbocycles. The Hall–Kier alpha value is -1.93. The fourth-order valence-electron chi connectivity index (χ4n) is 2.02. The Kier molecular flexibility index (Phi) is 2.95. The quantitative estimate of drug-likeness (QED) is 0.638. The van der Waals surface area contributed by atoms with Crippen molar-refractivity contribution >= 4 is 11.3 Å². The van der Waals surface area contributed by atoms with E-state index < -0.39 is 0 Å². The molecule has 0 unspecified atom stereocenters. The highest BCUT2D eigenvalue weighted by molar-refractivity contribution is 7.13. The summed E-state index contributed by atoms with van der Waals surface area (Å²) < 4.78 is 0. The minimum Gasteiger partial charge on any atom is -0.254 e. The normalized spacial score (nSPS) is 10.5. The van der Waals surface area contributed by atoms with Crippen molar-refractivity contribution < 1.29 is 0 Å². The molecule has 88 valence electrons. The van der Waals surface area contributed by atoms with Crippen molar-refractivity contribution in [3.63, 3.8) is 0 Å². The van der Waals surface area contributed by atoms with E-state index in [1.54, 1.807) is 11.3 Å². The summed E-state index contributed by atoms with van der Waals surface area (Å²) in [7, 11) is 0. The number of hydrogen-bond donors (Lipinski definition) is 0. The van der Waals surface area contributed by atoms with Gasteiger partial charge in [0.05, 0.1) is 10.6 Å². The van der Waals surface area contributed by atoms with Crippen LogP contribution in [0.15, 0.2) is 60.1 Å². The average molecular weight is 251 g/mol. The largest absolute Gasteiger partial charge is 0.254 e. The van der Waals surface area contributed by atoms with Gasteiger partial charge in [-0.1, -0.05) is 36.4 Å². The van der Waals surface area contributed by atoms with Crippen LogP contribution in [-0.4, -0.2) is 4.98 Å². The van der Waals surface area contributed by atoms with Crippen LogP contribution in [0.4, 0.5) is 0 Å². The Morgan fingerprint density at radius 3 is 2.56 bits per heavy atom. The first kappa shape index (κ1) is 11.2. The highest BCUT2D eigenvalue weighted by Gasteiger charge is 2.09. The molecule has 0 fully saturated rings. The second kappa shape index (κ2) is 4.75. The molecule has 1 aromatic carbocycles. The molecular weight excluding hydrogens is 238 g/mol. The van der Waals surface area contributed by atoms with Crippen LogP contribution in [0, 0.1) is 6.92 Å². The van der Waals surface area contributed by atoms with Gasteiger partial charge in [0, 0.05) is 11.8 Å². The molecule has 2 heteroatoms. The number of rotatable bonds is 2. The van der Waals surface area contributed by atoms with Gasteiger partial charge in [-0.2, -0.15) is 0 Å². The molecule has 0 atom stereocenters. The van der Waals surface area contributed by atoms with E-state index in [1.807, 2.05) is 12.3 Å². The number of aryl methyl sites for hydroxylation is 1. The first-order valence-corrected chi connectivity index (χ1v) is 6.78. The summed E-state index contributed by atoms with van der Waals surface area (Å²) in [6, 6.07) is 16.8. The lowest BCUT2D eigenvalue weighted by molar-refractivity contribution is 1.28. The van der Waals surface area contributed by atoms with Crippen molar-refractivity contribution in [1.82, 2.24) is 4.98 Å². The van der Waals surface area contributed by atoms with Crippen LogP contribution in [0.5, 0.6) is 0 Å². The molecule has 3 aromatic rings. The maximum Gasteiger partial charge on any atom is 0.0880 e. The van der Waals surface area contributed by atoms with Crippen LogP contribution in [0.3, 0.4) is 0 Å². The third kappa shape index (κ3) is 2.07. The maximum atomic E-state index is 4.61. The lowest BCUT2D eigenvalue weighted by Crippen LogP contribution is -1.88. The standard InChI is InChI=1S/C16H13NS/c1-12-10-14(13-6-3-2-4-7-13)16(17-11-12)15-8-5-9-18-15/h2-11H,1H3. The van der Waals surface area contributed by atoms with E-state index in [1.165, 1.54) is 21.6 Å². The highest BCUT2D eigenvalue weighted by atomic mass is 32.1. The smallest absolute Gasteiger partial charge is 0.0880 e. The van der Waals surface area contributed by atoms with Crippen LogP contribution in [0.2, 0.25) is 0 Å². The summed E-state index contributed by atoms with van der Waals surface area (Å²) in [6.07, 6.45) is 1.93. The molecule has 18 heavy (non-hydrogen) atoms. The number of aromatic nitrogens is 1. The molecule has 0 spiro atoms. The molecule has 0 aliphatic heterocycles. The molecule has 0 N–H and O–H groups in total. The fourth-order valence-corrected chi connectivity index (χ4v) is 2.75. The van der Waals surface area contributed by atoms with Crippen LogP contribution < -0.4 is 0 Å². The topological polar surface area (TPSA) is 12.9 Å². The number of benzene rings is 1. The molecule has 2 aromatic heterocycles. The molecule has 0 saturated heterocycles. The maximum absolute atomic E-state index is 4.61. The molecule has 0 aliphatic carbocycles. The van der Waals surface area contributed by atoms with Gasteiger partial charge in [0.15, 0.2) is 0 Å². The van der Waals surface area contributed by atoms with Gasteiger partial charge in [0.2, 0.25) is 0 Å². The lowest BCUT2D eigenvalue weighted by Gasteiger charge is -2.08. The predicted molar refractivity (Wildman–Crippen MR) is 77.7 cm³/mol. The fraction of sp³-hybridized carbons (Fsp3) is 0.0625. The summed E-state index contributed by atoms with van der Waals surface area (Å²) in [5.41, 5.74) is 4.69.